The van der Waals surface area contributed by atoms with Crippen molar-refractivity contribution in [2.45, 2.75) is 19.9 Å². The Labute approximate surface area is 168 Å². The molecule has 28 heavy (non-hydrogen) atoms. The number of fused-ring (bicyclic) bond motifs is 1. The van der Waals surface area contributed by atoms with Crippen LogP contribution in [0, 0.1) is 6.92 Å². The van der Waals surface area contributed by atoms with Crippen LogP contribution in [-0.2, 0) is 11.3 Å². The van der Waals surface area contributed by atoms with E-state index in [1.54, 1.807) is 28.9 Å². The largest absolute Gasteiger partial charge is 0.419 e. The molecule has 4 aromatic rings. The molecule has 1 amide bonds. The Kier molecular flexibility index (Phi) is 4.87. The number of nitrogens with zero attached hydrogens (tertiary/aromatic N) is 3. The van der Waals surface area contributed by atoms with Gasteiger partial charge in [-0.05, 0) is 37.3 Å². The first-order valence-corrected chi connectivity index (χ1v) is 9.51. The van der Waals surface area contributed by atoms with Gasteiger partial charge in [-0.1, -0.05) is 34.1 Å². The number of hydrogen-bond donors (Lipinski definition) is 1. The van der Waals surface area contributed by atoms with Crippen molar-refractivity contribution in [3.05, 3.63) is 75.3 Å². The Hall–Kier alpha value is -3.13. The number of carbonyl (C=O) groups is 1. The minimum absolute atomic E-state index is 0.131. The summed E-state index contributed by atoms with van der Waals surface area (Å²) >= 11 is 3.45. The number of aromatic nitrogens is 3. The zero-order valence-electron chi connectivity index (χ0n) is 15.1. The molecule has 4 rings (SSSR count). The van der Waals surface area contributed by atoms with Gasteiger partial charge in [-0.2, -0.15) is 5.10 Å². The van der Waals surface area contributed by atoms with Crippen molar-refractivity contribution in [3.63, 3.8) is 0 Å². The average molecular weight is 441 g/mol. The molecular weight excluding hydrogens is 424 g/mol. The number of benzene rings is 2. The van der Waals surface area contributed by atoms with E-state index in [1.165, 1.54) is 4.57 Å². The fourth-order valence-corrected chi connectivity index (χ4v) is 3.42. The molecule has 0 aliphatic rings. The molecule has 0 atom stereocenters. The maximum absolute atomic E-state index is 12.5. The number of halogens is 1. The Balaban J connectivity index is 1.52. The van der Waals surface area contributed by atoms with Crippen molar-refractivity contribution in [2.24, 2.45) is 0 Å². The number of amides is 1. The molecule has 0 radical (unpaired) electrons. The molecule has 8 heteroatoms. The summed E-state index contributed by atoms with van der Waals surface area (Å²) in [4.78, 5) is 24.5. The summed E-state index contributed by atoms with van der Waals surface area (Å²) < 4.78 is 9.26. The smallest absolute Gasteiger partial charge is 0.408 e. The molecule has 0 saturated heterocycles. The average Bonchev–Trinajstić information content (AvgIpc) is 3.18. The van der Waals surface area contributed by atoms with E-state index in [1.807, 2.05) is 37.3 Å². The maximum Gasteiger partial charge on any atom is 0.419 e. The maximum atomic E-state index is 12.5. The number of carbonyl (C=O) groups excluding carboxylic acids is 1. The van der Waals surface area contributed by atoms with Crippen LogP contribution < -0.4 is 11.1 Å². The molecule has 0 fully saturated rings. The highest BCUT2D eigenvalue weighted by molar-refractivity contribution is 9.10. The van der Waals surface area contributed by atoms with Gasteiger partial charge in [-0.25, -0.2) is 9.48 Å². The molecule has 0 bridgehead atoms. The monoisotopic (exact) mass is 440 g/mol. The summed E-state index contributed by atoms with van der Waals surface area (Å²) in [5.41, 5.74) is 2.80. The second-order valence-electron chi connectivity index (χ2n) is 6.35. The van der Waals surface area contributed by atoms with Gasteiger partial charge in [-0.15, -0.1) is 0 Å². The normalized spacial score (nSPS) is 11.1. The number of oxazole rings is 1. The molecule has 0 aliphatic heterocycles. The number of anilines is 1. The molecule has 0 saturated carbocycles. The second-order valence-corrected chi connectivity index (χ2v) is 7.26. The number of rotatable bonds is 5. The minimum atomic E-state index is -0.468. The van der Waals surface area contributed by atoms with E-state index in [9.17, 15) is 9.59 Å². The molecule has 0 spiro atoms. The zero-order valence-corrected chi connectivity index (χ0v) is 16.6. The molecule has 0 aliphatic carbocycles. The van der Waals surface area contributed by atoms with Crippen LogP contribution in [0.5, 0.6) is 0 Å². The molecule has 7 nitrogen and oxygen atoms in total. The number of nitrogens with one attached hydrogen (secondary N) is 1. The van der Waals surface area contributed by atoms with Crippen LogP contribution in [0.2, 0.25) is 0 Å². The highest BCUT2D eigenvalue weighted by Crippen LogP contribution is 2.21. The molecule has 142 valence electrons. The van der Waals surface area contributed by atoms with Gasteiger partial charge < -0.3 is 9.73 Å². The van der Waals surface area contributed by atoms with Crippen LogP contribution in [0.3, 0.4) is 0 Å². The minimum Gasteiger partial charge on any atom is -0.408 e. The van der Waals surface area contributed by atoms with E-state index in [2.05, 4.69) is 26.3 Å². The van der Waals surface area contributed by atoms with E-state index in [-0.39, 0.29) is 18.9 Å². The van der Waals surface area contributed by atoms with Crippen LogP contribution in [0.4, 0.5) is 5.82 Å². The fourth-order valence-electron chi connectivity index (χ4n) is 3.04. The van der Waals surface area contributed by atoms with Crippen LogP contribution >= 0.6 is 15.9 Å². The highest BCUT2D eigenvalue weighted by Gasteiger charge is 2.13. The first-order chi connectivity index (χ1) is 13.5. The fraction of sp³-hybridized carbons (Fsp3) is 0.150. The Bertz CT molecular complexity index is 1220. The number of hydrogen-bond acceptors (Lipinski definition) is 4. The summed E-state index contributed by atoms with van der Waals surface area (Å²) in [7, 11) is 0. The zero-order chi connectivity index (χ0) is 19.7. The van der Waals surface area contributed by atoms with E-state index in [0.29, 0.717) is 16.9 Å². The standard InChI is InChI=1S/C20H17BrN4O3/c1-13-11-18(25(23-13)15-6-4-5-14(21)12-15)22-19(26)9-10-24-16-7-2-3-8-17(16)28-20(24)27/h2-8,11-12H,9-10H2,1H3,(H,22,26). The van der Waals surface area contributed by atoms with Crippen LogP contribution in [0.25, 0.3) is 16.8 Å². The lowest BCUT2D eigenvalue weighted by atomic mass is 10.3. The third kappa shape index (κ3) is 3.63. The molecule has 2 aromatic heterocycles. The van der Waals surface area contributed by atoms with Gasteiger partial charge in [0.15, 0.2) is 5.58 Å². The first-order valence-electron chi connectivity index (χ1n) is 8.72. The molecular formula is C20H17BrN4O3. The van der Waals surface area contributed by atoms with Gasteiger partial charge in [0.25, 0.3) is 0 Å². The second kappa shape index (κ2) is 7.47. The van der Waals surface area contributed by atoms with Gasteiger partial charge in [-0.3, -0.25) is 9.36 Å². The third-order valence-electron chi connectivity index (χ3n) is 4.29. The van der Waals surface area contributed by atoms with Crippen molar-refractivity contribution in [1.29, 1.82) is 0 Å². The van der Waals surface area contributed by atoms with E-state index in [4.69, 9.17) is 4.42 Å². The molecule has 0 unspecified atom stereocenters. The SMILES string of the molecule is Cc1cc(NC(=O)CCn2c(=O)oc3ccccc32)n(-c2cccc(Br)c2)n1. The van der Waals surface area contributed by atoms with E-state index in [0.717, 1.165) is 15.9 Å². The highest BCUT2D eigenvalue weighted by atomic mass is 79.9. The summed E-state index contributed by atoms with van der Waals surface area (Å²) in [5, 5.41) is 7.33. The molecule has 2 heterocycles. The van der Waals surface area contributed by atoms with Gasteiger partial charge >= 0.3 is 5.76 Å². The van der Waals surface area contributed by atoms with Crippen LogP contribution in [-0.4, -0.2) is 20.3 Å². The lowest BCUT2D eigenvalue weighted by molar-refractivity contribution is -0.116. The number of aryl methyl sites for hydroxylation is 2. The first kappa shape index (κ1) is 18.2. The van der Waals surface area contributed by atoms with E-state index >= 15 is 0 Å². The predicted molar refractivity (Wildman–Crippen MR) is 110 cm³/mol. The summed E-state index contributed by atoms with van der Waals surface area (Å²) in [6.45, 7) is 2.09. The quantitative estimate of drug-likeness (QED) is 0.510. The lowest BCUT2D eigenvalue weighted by Gasteiger charge is -2.09. The topological polar surface area (TPSA) is 82.1 Å². The molecule has 1 N–H and O–H groups in total. The van der Waals surface area contributed by atoms with Gasteiger partial charge in [0.2, 0.25) is 5.91 Å². The number of para-hydroxylation sites is 2. The molecule has 2 aromatic carbocycles. The van der Waals surface area contributed by atoms with Crippen molar-refractivity contribution in [3.8, 4) is 5.69 Å². The Morgan fingerprint density at radius 2 is 2.00 bits per heavy atom. The summed E-state index contributed by atoms with van der Waals surface area (Å²) in [6, 6.07) is 16.6. The van der Waals surface area contributed by atoms with Crippen molar-refractivity contribution in [2.75, 3.05) is 5.32 Å². The third-order valence-corrected chi connectivity index (χ3v) is 4.78. The van der Waals surface area contributed by atoms with Gasteiger partial charge in [0, 0.05) is 23.5 Å². The van der Waals surface area contributed by atoms with Gasteiger partial charge in [0.05, 0.1) is 16.9 Å². The predicted octanol–water partition coefficient (Wildman–Crippen LogP) is 3.88. The summed E-state index contributed by atoms with van der Waals surface area (Å²) in [5.74, 6) is -0.109. The summed E-state index contributed by atoms with van der Waals surface area (Å²) in [6.07, 6.45) is 0.131. The van der Waals surface area contributed by atoms with Crippen molar-refractivity contribution >= 4 is 38.8 Å². The Morgan fingerprint density at radius 3 is 2.82 bits per heavy atom. The van der Waals surface area contributed by atoms with Crippen molar-refractivity contribution in [1.82, 2.24) is 14.3 Å². The van der Waals surface area contributed by atoms with Gasteiger partial charge in [0.1, 0.15) is 5.82 Å². The van der Waals surface area contributed by atoms with Crippen LogP contribution in [0.1, 0.15) is 12.1 Å². The Morgan fingerprint density at radius 1 is 1.18 bits per heavy atom. The van der Waals surface area contributed by atoms with E-state index < -0.39 is 5.76 Å². The lowest BCUT2D eigenvalue weighted by Crippen LogP contribution is -2.20. The van der Waals surface area contributed by atoms with Crippen molar-refractivity contribution < 1.29 is 9.21 Å². The van der Waals surface area contributed by atoms with Crippen LogP contribution in [0.15, 0.2) is 68.3 Å².